The first-order valence-corrected chi connectivity index (χ1v) is 7.74. The van der Waals surface area contributed by atoms with E-state index in [0.717, 1.165) is 18.7 Å². The van der Waals surface area contributed by atoms with Crippen molar-refractivity contribution in [1.82, 2.24) is 19.2 Å². The van der Waals surface area contributed by atoms with Gasteiger partial charge in [-0.05, 0) is 19.1 Å². The molecule has 3 rings (SSSR count). The van der Waals surface area contributed by atoms with Gasteiger partial charge in [0.2, 0.25) is 0 Å². The third kappa shape index (κ3) is 2.82. The van der Waals surface area contributed by atoms with Crippen molar-refractivity contribution in [3.63, 3.8) is 0 Å². The van der Waals surface area contributed by atoms with Gasteiger partial charge in [-0.1, -0.05) is 11.6 Å². The summed E-state index contributed by atoms with van der Waals surface area (Å²) in [6, 6.07) is 3.58. The standard InChI is InChI=1S/C15H19ClN4O2/c1-11-14(20-10-12(16)2-3-13(20)17-11)15(22)19-6-4-18(5-7-19)8-9-21/h2-3,10,21H,4-9H2,1H3. The summed E-state index contributed by atoms with van der Waals surface area (Å²) in [5.41, 5.74) is 2.02. The molecule has 118 valence electrons. The quantitative estimate of drug-likeness (QED) is 0.917. The smallest absolute Gasteiger partial charge is 0.272 e. The van der Waals surface area contributed by atoms with Gasteiger partial charge < -0.3 is 10.0 Å². The van der Waals surface area contributed by atoms with Crippen LogP contribution in [0.5, 0.6) is 0 Å². The van der Waals surface area contributed by atoms with Crippen molar-refractivity contribution in [1.29, 1.82) is 0 Å². The Morgan fingerprint density at radius 2 is 2.05 bits per heavy atom. The Kier molecular flexibility index (Phi) is 4.33. The molecule has 0 saturated carbocycles. The first-order chi connectivity index (χ1) is 10.6. The molecule has 3 heterocycles. The minimum absolute atomic E-state index is 0.0177. The van der Waals surface area contributed by atoms with E-state index in [9.17, 15) is 4.79 Å². The molecule has 1 aliphatic rings. The summed E-state index contributed by atoms with van der Waals surface area (Å²) < 4.78 is 1.76. The second-order valence-corrected chi connectivity index (χ2v) is 5.92. The molecule has 2 aromatic heterocycles. The summed E-state index contributed by atoms with van der Waals surface area (Å²) in [5.74, 6) is -0.0177. The lowest BCUT2D eigenvalue weighted by Gasteiger charge is -2.34. The van der Waals surface area contributed by atoms with E-state index in [2.05, 4.69) is 9.88 Å². The Hall–Kier alpha value is -1.63. The number of rotatable bonds is 3. The van der Waals surface area contributed by atoms with E-state index < -0.39 is 0 Å². The Bertz CT molecular complexity index is 692. The van der Waals surface area contributed by atoms with Crippen LogP contribution in [0.1, 0.15) is 16.2 Å². The van der Waals surface area contributed by atoms with Gasteiger partial charge in [0.1, 0.15) is 11.3 Å². The Morgan fingerprint density at radius 3 is 2.73 bits per heavy atom. The summed E-state index contributed by atoms with van der Waals surface area (Å²) in [6.45, 7) is 5.53. The third-order valence-electron chi connectivity index (χ3n) is 4.04. The molecule has 0 radical (unpaired) electrons. The molecule has 0 aromatic carbocycles. The van der Waals surface area contributed by atoms with Gasteiger partial charge in [0.15, 0.2) is 0 Å². The number of nitrogens with zero attached hydrogens (tertiary/aromatic N) is 4. The molecule has 1 N–H and O–H groups in total. The second kappa shape index (κ2) is 6.24. The Balaban J connectivity index is 1.84. The highest BCUT2D eigenvalue weighted by molar-refractivity contribution is 6.30. The van der Waals surface area contributed by atoms with Crippen molar-refractivity contribution in [3.05, 3.63) is 34.7 Å². The number of imidazole rings is 1. The van der Waals surface area contributed by atoms with E-state index in [-0.39, 0.29) is 12.5 Å². The maximum Gasteiger partial charge on any atom is 0.272 e. The third-order valence-corrected chi connectivity index (χ3v) is 4.26. The lowest BCUT2D eigenvalue weighted by molar-refractivity contribution is 0.0607. The zero-order valence-electron chi connectivity index (χ0n) is 12.5. The number of pyridine rings is 1. The minimum Gasteiger partial charge on any atom is -0.395 e. The number of aliphatic hydroxyl groups is 1. The maximum atomic E-state index is 12.8. The van der Waals surface area contributed by atoms with Gasteiger partial charge in [-0.25, -0.2) is 4.98 Å². The minimum atomic E-state index is -0.0177. The largest absolute Gasteiger partial charge is 0.395 e. The molecule has 6 nitrogen and oxygen atoms in total. The van der Waals surface area contributed by atoms with Crippen LogP contribution in [0.15, 0.2) is 18.3 Å². The molecule has 1 aliphatic heterocycles. The van der Waals surface area contributed by atoms with E-state index in [0.29, 0.717) is 36.0 Å². The van der Waals surface area contributed by atoms with Gasteiger partial charge in [0, 0.05) is 38.9 Å². The van der Waals surface area contributed by atoms with Gasteiger partial charge in [-0.3, -0.25) is 14.1 Å². The van der Waals surface area contributed by atoms with Crippen LogP contribution in [0.3, 0.4) is 0 Å². The van der Waals surface area contributed by atoms with E-state index in [1.165, 1.54) is 0 Å². The van der Waals surface area contributed by atoms with Crippen molar-refractivity contribution in [2.24, 2.45) is 0 Å². The van der Waals surface area contributed by atoms with Crippen molar-refractivity contribution in [2.75, 3.05) is 39.3 Å². The summed E-state index contributed by atoms with van der Waals surface area (Å²) in [6.07, 6.45) is 1.73. The van der Waals surface area contributed by atoms with Crippen LogP contribution >= 0.6 is 11.6 Å². The van der Waals surface area contributed by atoms with Crippen molar-refractivity contribution in [3.8, 4) is 0 Å². The number of aryl methyl sites for hydroxylation is 1. The van der Waals surface area contributed by atoms with Crippen LogP contribution in [0.4, 0.5) is 0 Å². The molecular weight excluding hydrogens is 304 g/mol. The molecule has 0 unspecified atom stereocenters. The average molecular weight is 323 g/mol. The highest BCUT2D eigenvalue weighted by Crippen LogP contribution is 2.18. The fourth-order valence-corrected chi connectivity index (χ4v) is 3.02. The van der Waals surface area contributed by atoms with Crippen LogP contribution in [0.2, 0.25) is 5.02 Å². The van der Waals surface area contributed by atoms with Gasteiger partial charge in [0.25, 0.3) is 5.91 Å². The lowest BCUT2D eigenvalue weighted by atomic mass is 10.2. The molecule has 1 fully saturated rings. The Morgan fingerprint density at radius 1 is 1.32 bits per heavy atom. The molecular formula is C15H19ClN4O2. The van der Waals surface area contributed by atoms with Crippen molar-refractivity contribution >= 4 is 23.2 Å². The van der Waals surface area contributed by atoms with E-state index in [1.54, 1.807) is 16.7 Å². The number of aliphatic hydroxyl groups excluding tert-OH is 1. The number of hydrogen-bond donors (Lipinski definition) is 1. The number of fused-ring (bicyclic) bond motifs is 1. The van der Waals surface area contributed by atoms with Crippen LogP contribution in [-0.2, 0) is 0 Å². The number of aromatic nitrogens is 2. The lowest BCUT2D eigenvalue weighted by Crippen LogP contribution is -2.49. The summed E-state index contributed by atoms with van der Waals surface area (Å²) in [4.78, 5) is 21.2. The highest BCUT2D eigenvalue weighted by Gasteiger charge is 2.25. The van der Waals surface area contributed by atoms with E-state index >= 15 is 0 Å². The number of β-amino-alcohol motifs (C(OH)–C–C–N with tert-alkyl or cyclic N) is 1. The number of piperazine rings is 1. The SMILES string of the molecule is Cc1nc2ccc(Cl)cn2c1C(=O)N1CCN(CCO)CC1. The zero-order valence-corrected chi connectivity index (χ0v) is 13.3. The normalized spacial score (nSPS) is 16.4. The molecule has 0 bridgehead atoms. The van der Waals surface area contributed by atoms with Gasteiger partial charge in [0.05, 0.1) is 17.3 Å². The zero-order chi connectivity index (χ0) is 15.7. The summed E-state index contributed by atoms with van der Waals surface area (Å²) in [7, 11) is 0. The topological polar surface area (TPSA) is 61.1 Å². The fraction of sp³-hybridized carbons (Fsp3) is 0.467. The predicted molar refractivity (Wildman–Crippen MR) is 84.4 cm³/mol. The van der Waals surface area contributed by atoms with Crippen LogP contribution in [-0.4, -0.2) is 69.5 Å². The molecule has 7 heteroatoms. The Labute approximate surface area is 133 Å². The molecule has 22 heavy (non-hydrogen) atoms. The summed E-state index contributed by atoms with van der Waals surface area (Å²) >= 11 is 6.04. The molecule has 0 atom stereocenters. The molecule has 1 amide bonds. The fourth-order valence-electron chi connectivity index (χ4n) is 2.86. The highest BCUT2D eigenvalue weighted by atomic mass is 35.5. The van der Waals surface area contributed by atoms with Gasteiger partial charge in [-0.15, -0.1) is 0 Å². The monoisotopic (exact) mass is 322 g/mol. The van der Waals surface area contributed by atoms with Gasteiger partial charge in [-0.2, -0.15) is 0 Å². The molecule has 2 aromatic rings. The van der Waals surface area contributed by atoms with Crippen LogP contribution in [0, 0.1) is 6.92 Å². The first kappa shape index (κ1) is 15.3. The average Bonchev–Trinajstić information content (AvgIpc) is 2.83. The van der Waals surface area contributed by atoms with E-state index in [4.69, 9.17) is 16.7 Å². The van der Waals surface area contributed by atoms with E-state index in [1.807, 2.05) is 17.9 Å². The number of amides is 1. The predicted octanol–water partition coefficient (Wildman–Crippen LogP) is 1.05. The molecule has 1 saturated heterocycles. The molecule has 0 spiro atoms. The second-order valence-electron chi connectivity index (χ2n) is 5.48. The van der Waals surface area contributed by atoms with Crippen LogP contribution in [0.25, 0.3) is 5.65 Å². The summed E-state index contributed by atoms with van der Waals surface area (Å²) in [5, 5.41) is 9.55. The van der Waals surface area contributed by atoms with Gasteiger partial charge >= 0.3 is 0 Å². The number of carbonyl (C=O) groups excluding carboxylic acids is 1. The number of carbonyl (C=O) groups is 1. The molecule has 0 aliphatic carbocycles. The van der Waals surface area contributed by atoms with Crippen LogP contribution < -0.4 is 0 Å². The number of hydrogen-bond acceptors (Lipinski definition) is 4. The maximum absolute atomic E-state index is 12.8. The van der Waals surface area contributed by atoms with Crippen molar-refractivity contribution < 1.29 is 9.90 Å². The first-order valence-electron chi connectivity index (χ1n) is 7.37. The number of halogens is 1. The van der Waals surface area contributed by atoms with Crippen molar-refractivity contribution in [2.45, 2.75) is 6.92 Å².